The number of rotatable bonds is 6. The maximum atomic E-state index is 11.9. The first-order valence-electron chi connectivity index (χ1n) is 7.45. The number of pyridine rings is 1. The van der Waals surface area contributed by atoms with E-state index in [1.54, 1.807) is 18.7 Å². The fourth-order valence-corrected chi connectivity index (χ4v) is 2.29. The molecule has 0 saturated heterocycles. The Morgan fingerprint density at radius 1 is 1.36 bits per heavy atom. The predicted octanol–water partition coefficient (Wildman–Crippen LogP) is 2.45. The summed E-state index contributed by atoms with van der Waals surface area (Å²) in [7, 11) is 1.77. The van der Waals surface area contributed by atoms with Crippen molar-refractivity contribution in [3.63, 3.8) is 0 Å². The molecule has 2 heterocycles. The number of aryl methyl sites for hydroxylation is 1. The fraction of sp³-hybridized carbons (Fsp3) is 0.438. The molecule has 0 radical (unpaired) electrons. The van der Waals surface area contributed by atoms with E-state index >= 15 is 0 Å². The molecular formula is C16H19N3O3. The van der Waals surface area contributed by atoms with Gasteiger partial charge in [-0.1, -0.05) is 6.07 Å². The van der Waals surface area contributed by atoms with Crippen LogP contribution in [0.1, 0.15) is 47.3 Å². The Labute approximate surface area is 129 Å². The maximum Gasteiger partial charge on any atom is 0.341 e. The normalized spacial score (nSPS) is 13.9. The third-order valence-corrected chi connectivity index (χ3v) is 3.72. The first-order valence-corrected chi connectivity index (χ1v) is 7.45. The standard InChI is InChI=1S/C16H19N3O3/c1-3-21-16(20)13-9-18-19(2)14(13)10-22-15-7-6-12(8-17-15)11-4-5-11/h6-9,11H,3-5,10H2,1-2H3. The van der Waals surface area contributed by atoms with E-state index in [0.717, 1.165) is 0 Å². The van der Waals surface area contributed by atoms with E-state index in [4.69, 9.17) is 9.47 Å². The van der Waals surface area contributed by atoms with E-state index in [2.05, 4.69) is 16.1 Å². The number of esters is 1. The lowest BCUT2D eigenvalue weighted by Gasteiger charge is -2.08. The van der Waals surface area contributed by atoms with Crippen LogP contribution in [0.25, 0.3) is 0 Å². The predicted molar refractivity (Wildman–Crippen MR) is 79.7 cm³/mol. The van der Waals surface area contributed by atoms with E-state index in [0.29, 0.717) is 29.7 Å². The van der Waals surface area contributed by atoms with Gasteiger partial charge in [0.05, 0.1) is 18.5 Å². The molecule has 1 saturated carbocycles. The van der Waals surface area contributed by atoms with Crippen LogP contribution in [-0.4, -0.2) is 27.3 Å². The van der Waals surface area contributed by atoms with Crippen LogP contribution in [0.2, 0.25) is 0 Å². The minimum atomic E-state index is -0.383. The topological polar surface area (TPSA) is 66.2 Å². The molecule has 0 aliphatic heterocycles. The van der Waals surface area contributed by atoms with Crippen molar-refractivity contribution in [1.82, 2.24) is 14.8 Å². The molecule has 2 aromatic rings. The summed E-state index contributed by atoms with van der Waals surface area (Å²) in [6.07, 6.45) is 5.86. The van der Waals surface area contributed by atoms with Gasteiger partial charge >= 0.3 is 5.97 Å². The molecule has 0 bridgehead atoms. The number of aromatic nitrogens is 3. The highest BCUT2D eigenvalue weighted by Crippen LogP contribution is 2.39. The van der Waals surface area contributed by atoms with Gasteiger partial charge < -0.3 is 9.47 Å². The summed E-state index contributed by atoms with van der Waals surface area (Å²) in [6.45, 7) is 2.33. The van der Waals surface area contributed by atoms with Crippen molar-refractivity contribution < 1.29 is 14.3 Å². The average molecular weight is 301 g/mol. The van der Waals surface area contributed by atoms with Crippen molar-refractivity contribution in [3.8, 4) is 5.88 Å². The quantitative estimate of drug-likeness (QED) is 0.767. The van der Waals surface area contributed by atoms with E-state index < -0.39 is 0 Å². The molecule has 116 valence electrons. The molecule has 0 amide bonds. The highest BCUT2D eigenvalue weighted by molar-refractivity contribution is 5.90. The van der Waals surface area contributed by atoms with Crippen LogP contribution >= 0.6 is 0 Å². The lowest BCUT2D eigenvalue weighted by molar-refractivity contribution is 0.0523. The summed E-state index contributed by atoms with van der Waals surface area (Å²) in [5.74, 6) is 0.834. The Morgan fingerprint density at radius 2 is 2.18 bits per heavy atom. The van der Waals surface area contributed by atoms with Gasteiger partial charge in [-0.05, 0) is 31.2 Å². The molecule has 0 atom stereocenters. The molecule has 2 aromatic heterocycles. The molecule has 0 unspecified atom stereocenters. The number of ether oxygens (including phenoxy) is 2. The number of carbonyl (C=O) groups excluding carboxylic acids is 1. The Bertz CT molecular complexity index is 660. The van der Waals surface area contributed by atoms with Gasteiger partial charge in [-0.25, -0.2) is 9.78 Å². The zero-order chi connectivity index (χ0) is 15.5. The van der Waals surface area contributed by atoms with Crippen LogP contribution in [0.5, 0.6) is 5.88 Å². The largest absolute Gasteiger partial charge is 0.471 e. The van der Waals surface area contributed by atoms with Gasteiger partial charge in [-0.2, -0.15) is 5.10 Å². The first-order chi connectivity index (χ1) is 10.7. The maximum absolute atomic E-state index is 11.9. The van der Waals surface area contributed by atoms with Crippen LogP contribution in [-0.2, 0) is 18.4 Å². The van der Waals surface area contributed by atoms with Crippen LogP contribution in [0.3, 0.4) is 0 Å². The van der Waals surface area contributed by atoms with Gasteiger partial charge in [-0.3, -0.25) is 4.68 Å². The van der Waals surface area contributed by atoms with E-state index in [9.17, 15) is 4.79 Å². The van der Waals surface area contributed by atoms with E-state index in [-0.39, 0.29) is 12.6 Å². The third kappa shape index (κ3) is 3.10. The van der Waals surface area contributed by atoms with Crippen LogP contribution < -0.4 is 4.74 Å². The second kappa shape index (κ2) is 6.17. The molecule has 3 rings (SSSR count). The lowest BCUT2D eigenvalue weighted by atomic mass is 10.2. The van der Waals surface area contributed by atoms with Gasteiger partial charge in [-0.15, -0.1) is 0 Å². The molecular weight excluding hydrogens is 282 g/mol. The van der Waals surface area contributed by atoms with E-state index in [1.165, 1.54) is 24.6 Å². The Morgan fingerprint density at radius 3 is 2.82 bits per heavy atom. The Kier molecular flexibility index (Phi) is 4.09. The molecule has 0 spiro atoms. The number of nitrogens with zero attached hydrogens (tertiary/aromatic N) is 3. The van der Waals surface area contributed by atoms with Gasteiger partial charge in [0.25, 0.3) is 0 Å². The molecule has 22 heavy (non-hydrogen) atoms. The fourth-order valence-electron chi connectivity index (χ4n) is 2.29. The minimum absolute atomic E-state index is 0.223. The SMILES string of the molecule is CCOC(=O)c1cnn(C)c1COc1ccc(C2CC2)cn1. The molecule has 0 aromatic carbocycles. The Hall–Kier alpha value is -2.37. The highest BCUT2D eigenvalue weighted by Gasteiger charge is 2.23. The van der Waals surface area contributed by atoms with Crippen LogP contribution in [0.4, 0.5) is 0 Å². The summed E-state index contributed by atoms with van der Waals surface area (Å²) < 4.78 is 12.3. The summed E-state index contributed by atoms with van der Waals surface area (Å²) in [4.78, 5) is 16.2. The molecule has 6 heteroatoms. The van der Waals surface area contributed by atoms with Gasteiger partial charge in [0, 0.05) is 19.3 Å². The number of hydrogen-bond acceptors (Lipinski definition) is 5. The summed E-state index contributed by atoms with van der Waals surface area (Å²) in [5, 5.41) is 4.09. The number of hydrogen-bond donors (Lipinski definition) is 0. The highest BCUT2D eigenvalue weighted by atomic mass is 16.5. The van der Waals surface area contributed by atoms with Crippen molar-refractivity contribution in [2.75, 3.05) is 6.61 Å². The van der Waals surface area contributed by atoms with Crippen molar-refractivity contribution in [3.05, 3.63) is 41.3 Å². The molecule has 0 N–H and O–H groups in total. The van der Waals surface area contributed by atoms with Crippen molar-refractivity contribution in [1.29, 1.82) is 0 Å². The smallest absolute Gasteiger partial charge is 0.341 e. The van der Waals surface area contributed by atoms with Gasteiger partial charge in [0.15, 0.2) is 0 Å². The van der Waals surface area contributed by atoms with Gasteiger partial charge in [0.2, 0.25) is 5.88 Å². The molecule has 1 fully saturated rings. The Balaban J connectivity index is 1.67. The van der Waals surface area contributed by atoms with Crippen molar-refractivity contribution >= 4 is 5.97 Å². The summed E-state index contributed by atoms with van der Waals surface area (Å²) in [6, 6.07) is 3.92. The van der Waals surface area contributed by atoms with Crippen molar-refractivity contribution in [2.45, 2.75) is 32.3 Å². The zero-order valence-corrected chi connectivity index (χ0v) is 12.8. The van der Waals surface area contributed by atoms with Crippen LogP contribution in [0.15, 0.2) is 24.5 Å². The average Bonchev–Trinajstić information content (AvgIpc) is 3.30. The summed E-state index contributed by atoms with van der Waals surface area (Å²) in [5.41, 5.74) is 2.37. The van der Waals surface area contributed by atoms with Crippen LogP contribution in [0, 0.1) is 0 Å². The first kappa shape index (κ1) is 14.6. The third-order valence-electron chi connectivity index (χ3n) is 3.72. The van der Waals surface area contributed by atoms with Crippen molar-refractivity contribution in [2.24, 2.45) is 7.05 Å². The molecule has 1 aliphatic rings. The van der Waals surface area contributed by atoms with Gasteiger partial charge in [0.1, 0.15) is 12.2 Å². The second-order valence-corrected chi connectivity index (χ2v) is 5.34. The molecule has 6 nitrogen and oxygen atoms in total. The minimum Gasteiger partial charge on any atom is -0.471 e. The van der Waals surface area contributed by atoms with E-state index in [1.807, 2.05) is 12.3 Å². The second-order valence-electron chi connectivity index (χ2n) is 5.34. The lowest BCUT2D eigenvalue weighted by Crippen LogP contribution is -2.11. The number of carbonyl (C=O) groups is 1. The monoisotopic (exact) mass is 301 g/mol. The zero-order valence-electron chi connectivity index (χ0n) is 12.8. The summed E-state index contributed by atoms with van der Waals surface area (Å²) >= 11 is 0. The molecule has 1 aliphatic carbocycles.